The number of nitrogens with one attached hydrogen (secondary N) is 1. The lowest BCUT2D eigenvalue weighted by molar-refractivity contribution is -0.384. The van der Waals surface area contributed by atoms with Crippen LogP contribution < -0.4 is 5.32 Å². The van der Waals surface area contributed by atoms with Crippen molar-refractivity contribution in [2.75, 3.05) is 26.2 Å². The Kier molecular flexibility index (Phi) is 5.34. The van der Waals surface area contributed by atoms with Crippen LogP contribution in [0.2, 0.25) is 5.02 Å². The van der Waals surface area contributed by atoms with E-state index in [-0.39, 0.29) is 5.69 Å². The van der Waals surface area contributed by atoms with Crippen molar-refractivity contribution in [3.63, 3.8) is 0 Å². The summed E-state index contributed by atoms with van der Waals surface area (Å²) in [5, 5.41) is 14.7. The van der Waals surface area contributed by atoms with Crippen LogP contribution in [0.4, 0.5) is 5.69 Å². The lowest BCUT2D eigenvalue weighted by Crippen LogP contribution is -2.26. The van der Waals surface area contributed by atoms with E-state index in [1.54, 1.807) is 12.1 Å². The number of benzene rings is 1. The Morgan fingerprint density at radius 2 is 2.35 bits per heavy atom. The van der Waals surface area contributed by atoms with Gasteiger partial charge in [0.05, 0.1) is 4.92 Å². The van der Waals surface area contributed by atoms with Gasteiger partial charge in [0.2, 0.25) is 0 Å². The molecule has 1 heterocycles. The van der Waals surface area contributed by atoms with Gasteiger partial charge in [-0.1, -0.05) is 18.5 Å². The third-order valence-electron chi connectivity index (χ3n) is 3.81. The van der Waals surface area contributed by atoms with E-state index in [9.17, 15) is 10.1 Å². The molecule has 2 rings (SSSR count). The molecule has 0 bridgehead atoms. The molecule has 6 heteroatoms. The number of halogens is 1. The molecule has 1 aliphatic heterocycles. The molecule has 1 aromatic carbocycles. The molecule has 110 valence electrons. The molecular weight excluding hydrogens is 278 g/mol. The van der Waals surface area contributed by atoms with E-state index >= 15 is 0 Å². The highest BCUT2D eigenvalue weighted by atomic mass is 35.5. The molecule has 0 radical (unpaired) electrons. The highest BCUT2D eigenvalue weighted by Gasteiger charge is 2.20. The number of non-ortho nitro benzene ring substituents is 1. The first-order valence-corrected chi connectivity index (χ1v) is 7.33. The summed E-state index contributed by atoms with van der Waals surface area (Å²) in [5.74, 6) is 0.660. The van der Waals surface area contributed by atoms with Crippen LogP contribution in [0.5, 0.6) is 0 Å². The Morgan fingerprint density at radius 1 is 1.55 bits per heavy atom. The summed E-state index contributed by atoms with van der Waals surface area (Å²) >= 11 is 6.07. The Labute approximate surface area is 124 Å². The SMILES string of the molecule is CCN1CCC(CNCc2cc([N+](=O)[O-])ccc2Cl)C1. The predicted molar refractivity (Wildman–Crippen MR) is 80.0 cm³/mol. The van der Waals surface area contributed by atoms with Crippen molar-refractivity contribution in [1.82, 2.24) is 10.2 Å². The van der Waals surface area contributed by atoms with E-state index in [2.05, 4.69) is 17.1 Å². The zero-order valence-electron chi connectivity index (χ0n) is 11.6. The molecule has 1 unspecified atom stereocenters. The van der Waals surface area contributed by atoms with E-state index in [1.165, 1.54) is 19.0 Å². The fourth-order valence-electron chi connectivity index (χ4n) is 2.59. The van der Waals surface area contributed by atoms with E-state index in [0.29, 0.717) is 17.5 Å². The van der Waals surface area contributed by atoms with Gasteiger partial charge in [0, 0.05) is 30.2 Å². The van der Waals surface area contributed by atoms with Crippen molar-refractivity contribution in [2.45, 2.75) is 19.9 Å². The Bertz CT molecular complexity index is 481. The summed E-state index contributed by atoms with van der Waals surface area (Å²) in [7, 11) is 0. The minimum Gasteiger partial charge on any atom is -0.312 e. The van der Waals surface area contributed by atoms with Crippen LogP contribution in [0.1, 0.15) is 18.9 Å². The lowest BCUT2D eigenvalue weighted by atomic mass is 10.1. The maximum absolute atomic E-state index is 10.8. The van der Waals surface area contributed by atoms with E-state index in [0.717, 1.165) is 25.2 Å². The molecule has 1 aromatic rings. The second-order valence-corrected chi connectivity index (χ2v) is 5.62. The van der Waals surface area contributed by atoms with Crippen LogP contribution >= 0.6 is 11.6 Å². The summed E-state index contributed by atoms with van der Waals surface area (Å²) in [6.07, 6.45) is 1.21. The molecule has 5 nitrogen and oxygen atoms in total. The van der Waals surface area contributed by atoms with Gasteiger partial charge in [0.25, 0.3) is 5.69 Å². The van der Waals surface area contributed by atoms with Crippen LogP contribution in [-0.2, 0) is 6.54 Å². The maximum atomic E-state index is 10.8. The Morgan fingerprint density at radius 3 is 3.00 bits per heavy atom. The first kappa shape index (κ1) is 15.2. The van der Waals surface area contributed by atoms with Crippen molar-refractivity contribution in [1.29, 1.82) is 0 Å². The molecule has 1 fully saturated rings. The van der Waals surface area contributed by atoms with Crippen LogP contribution in [0.3, 0.4) is 0 Å². The average molecular weight is 298 g/mol. The van der Waals surface area contributed by atoms with Crippen LogP contribution in [0.25, 0.3) is 0 Å². The van der Waals surface area contributed by atoms with Crippen molar-refractivity contribution < 1.29 is 4.92 Å². The highest BCUT2D eigenvalue weighted by Crippen LogP contribution is 2.22. The normalized spacial score (nSPS) is 19.4. The number of hydrogen-bond acceptors (Lipinski definition) is 4. The molecule has 0 amide bonds. The molecule has 0 aromatic heterocycles. The Hall–Kier alpha value is -1.17. The summed E-state index contributed by atoms with van der Waals surface area (Å²) < 4.78 is 0. The fraction of sp³-hybridized carbons (Fsp3) is 0.571. The van der Waals surface area contributed by atoms with Gasteiger partial charge in [-0.15, -0.1) is 0 Å². The lowest BCUT2D eigenvalue weighted by Gasteiger charge is -2.14. The van der Waals surface area contributed by atoms with Crippen molar-refractivity contribution in [2.24, 2.45) is 5.92 Å². The topological polar surface area (TPSA) is 58.4 Å². The molecule has 0 spiro atoms. The van der Waals surface area contributed by atoms with Gasteiger partial charge in [0.1, 0.15) is 0 Å². The summed E-state index contributed by atoms with van der Waals surface area (Å²) in [5.41, 5.74) is 0.871. The van der Waals surface area contributed by atoms with E-state index in [1.807, 2.05) is 0 Å². The van der Waals surface area contributed by atoms with Gasteiger partial charge >= 0.3 is 0 Å². The maximum Gasteiger partial charge on any atom is 0.269 e. The first-order valence-electron chi connectivity index (χ1n) is 6.96. The number of hydrogen-bond donors (Lipinski definition) is 1. The van der Waals surface area contributed by atoms with Crippen LogP contribution in [0.15, 0.2) is 18.2 Å². The van der Waals surface area contributed by atoms with Gasteiger partial charge in [-0.2, -0.15) is 0 Å². The summed E-state index contributed by atoms with van der Waals surface area (Å²) in [6, 6.07) is 4.56. The molecule has 20 heavy (non-hydrogen) atoms. The molecule has 0 aliphatic carbocycles. The van der Waals surface area contributed by atoms with Crippen LogP contribution in [-0.4, -0.2) is 36.0 Å². The summed E-state index contributed by atoms with van der Waals surface area (Å²) in [6.45, 7) is 7.08. The minimum absolute atomic E-state index is 0.0872. The van der Waals surface area contributed by atoms with E-state index in [4.69, 9.17) is 11.6 Å². The predicted octanol–water partition coefficient (Wildman–Crippen LogP) is 2.68. The highest BCUT2D eigenvalue weighted by molar-refractivity contribution is 6.31. The standard InChI is InChI=1S/C14H20ClN3O2/c1-2-17-6-5-11(10-17)8-16-9-12-7-13(18(19)20)3-4-14(12)15/h3-4,7,11,16H,2,5-6,8-10H2,1H3. The van der Waals surface area contributed by atoms with Gasteiger partial charge in [0.15, 0.2) is 0 Å². The van der Waals surface area contributed by atoms with E-state index < -0.39 is 4.92 Å². The molecule has 1 aliphatic rings. The monoisotopic (exact) mass is 297 g/mol. The van der Waals surface area contributed by atoms with Crippen molar-refractivity contribution >= 4 is 17.3 Å². The smallest absolute Gasteiger partial charge is 0.269 e. The number of nitro groups is 1. The van der Waals surface area contributed by atoms with Crippen molar-refractivity contribution in [3.8, 4) is 0 Å². The fourth-order valence-corrected chi connectivity index (χ4v) is 2.77. The number of rotatable bonds is 6. The minimum atomic E-state index is -0.393. The van der Waals surface area contributed by atoms with Gasteiger partial charge in [-0.25, -0.2) is 0 Å². The van der Waals surface area contributed by atoms with Crippen molar-refractivity contribution in [3.05, 3.63) is 38.9 Å². The van der Waals surface area contributed by atoms with Gasteiger partial charge in [-0.05, 0) is 43.6 Å². The number of nitrogens with zero attached hydrogens (tertiary/aromatic N) is 2. The number of likely N-dealkylation sites (tertiary alicyclic amines) is 1. The van der Waals surface area contributed by atoms with Gasteiger partial charge < -0.3 is 10.2 Å². The molecular formula is C14H20ClN3O2. The Balaban J connectivity index is 1.85. The zero-order valence-corrected chi connectivity index (χ0v) is 12.4. The second-order valence-electron chi connectivity index (χ2n) is 5.21. The summed E-state index contributed by atoms with van der Waals surface area (Å²) in [4.78, 5) is 12.8. The molecule has 1 atom stereocenters. The average Bonchev–Trinajstić information content (AvgIpc) is 2.88. The largest absolute Gasteiger partial charge is 0.312 e. The van der Waals surface area contributed by atoms with Crippen LogP contribution in [0, 0.1) is 16.0 Å². The quantitative estimate of drug-likeness (QED) is 0.648. The first-order chi connectivity index (χ1) is 9.60. The third-order valence-corrected chi connectivity index (χ3v) is 4.17. The molecule has 0 saturated carbocycles. The number of nitro benzene ring substituents is 1. The third kappa shape index (κ3) is 3.91. The van der Waals surface area contributed by atoms with Gasteiger partial charge in [-0.3, -0.25) is 10.1 Å². The molecule has 1 saturated heterocycles. The zero-order chi connectivity index (χ0) is 14.5. The second kappa shape index (κ2) is 7.02. The molecule has 1 N–H and O–H groups in total.